The van der Waals surface area contributed by atoms with Crippen molar-refractivity contribution in [3.8, 4) is 0 Å². The summed E-state index contributed by atoms with van der Waals surface area (Å²) in [5, 5.41) is 0.777. The highest BCUT2D eigenvalue weighted by molar-refractivity contribution is 6.02. The second-order valence-corrected chi connectivity index (χ2v) is 5.81. The molecule has 0 saturated heterocycles. The molecule has 5 heteroatoms. The molecule has 4 aromatic rings. The van der Waals surface area contributed by atoms with Crippen molar-refractivity contribution in [3.05, 3.63) is 81.0 Å². The van der Waals surface area contributed by atoms with Crippen LogP contribution in [0.15, 0.2) is 68.6 Å². The lowest BCUT2D eigenvalue weighted by atomic mass is 10.1. The van der Waals surface area contributed by atoms with Gasteiger partial charge in [0.2, 0.25) is 5.58 Å². The minimum Gasteiger partial charge on any atom is -0.449 e. The van der Waals surface area contributed by atoms with Crippen LogP contribution in [0.1, 0.15) is 5.56 Å². The Bertz CT molecular complexity index is 1150. The fourth-order valence-electron chi connectivity index (χ4n) is 3.08. The molecule has 0 aliphatic rings. The third-order valence-electron chi connectivity index (χ3n) is 4.33. The molecule has 0 aliphatic carbocycles. The molecule has 0 atom stereocenters. The van der Waals surface area contributed by atoms with Gasteiger partial charge < -0.3 is 4.42 Å². The molecule has 0 radical (unpaired) electrons. The summed E-state index contributed by atoms with van der Waals surface area (Å²) < 4.78 is 8.46. The Morgan fingerprint density at radius 3 is 2.46 bits per heavy atom. The molecule has 2 aromatic carbocycles. The first-order valence-electron chi connectivity index (χ1n) is 7.82. The molecule has 0 saturated carbocycles. The van der Waals surface area contributed by atoms with E-state index in [0.717, 1.165) is 10.9 Å². The van der Waals surface area contributed by atoms with Gasteiger partial charge in [0.15, 0.2) is 0 Å². The van der Waals surface area contributed by atoms with Crippen LogP contribution in [-0.4, -0.2) is 9.13 Å². The van der Waals surface area contributed by atoms with E-state index < -0.39 is 0 Å². The van der Waals surface area contributed by atoms with Crippen LogP contribution in [0.4, 0.5) is 0 Å². The fourth-order valence-corrected chi connectivity index (χ4v) is 3.08. The molecule has 24 heavy (non-hydrogen) atoms. The molecule has 2 heterocycles. The Morgan fingerprint density at radius 2 is 1.67 bits per heavy atom. The van der Waals surface area contributed by atoms with E-state index in [1.807, 2.05) is 48.5 Å². The van der Waals surface area contributed by atoms with Crippen LogP contribution >= 0.6 is 0 Å². The van der Waals surface area contributed by atoms with E-state index in [1.54, 1.807) is 13.1 Å². The minimum absolute atomic E-state index is 0.228. The Balaban J connectivity index is 1.89. The molecule has 0 spiro atoms. The number of furan rings is 1. The molecule has 2 aromatic heterocycles. The van der Waals surface area contributed by atoms with E-state index in [2.05, 4.69) is 0 Å². The van der Waals surface area contributed by atoms with Crippen LogP contribution in [0.25, 0.3) is 22.1 Å². The number of benzene rings is 2. The van der Waals surface area contributed by atoms with Gasteiger partial charge in [-0.1, -0.05) is 42.5 Å². The zero-order valence-electron chi connectivity index (χ0n) is 13.2. The van der Waals surface area contributed by atoms with Crippen LogP contribution < -0.4 is 11.2 Å². The fraction of sp³-hybridized carbons (Fsp3) is 0.158. The summed E-state index contributed by atoms with van der Waals surface area (Å²) in [5.74, 6) is 0. The normalized spacial score (nSPS) is 11.4. The van der Waals surface area contributed by atoms with Crippen LogP contribution in [-0.2, 0) is 20.0 Å². The smallest absolute Gasteiger partial charge is 0.331 e. The number of hydrogen-bond acceptors (Lipinski definition) is 3. The van der Waals surface area contributed by atoms with E-state index in [9.17, 15) is 9.59 Å². The molecule has 5 nitrogen and oxygen atoms in total. The minimum atomic E-state index is -0.375. The summed E-state index contributed by atoms with van der Waals surface area (Å²) in [7, 11) is 1.67. The Hall–Kier alpha value is -3.08. The number of nitrogens with zero attached hydrogens (tertiary/aromatic N) is 2. The molecular weight excluding hydrogens is 304 g/mol. The van der Waals surface area contributed by atoms with E-state index in [0.29, 0.717) is 24.1 Å². The van der Waals surface area contributed by atoms with Crippen molar-refractivity contribution >= 4 is 22.1 Å². The van der Waals surface area contributed by atoms with Gasteiger partial charge in [-0.15, -0.1) is 0 Å². The monoisotopic (exact) mass is 320 g/mol. The topological polar surface area (TPSA) is 57.1 Å². The van der Waals surface area contributed by atoms with Gasteiger partial charge in [0, 0.05) is 19.0 Å². The van der Waals surface area contributed by atoms with Gasteiger partial charge in [-0.25, -0.2) is 4.79 Å². The van der Waals surface area contributed by atoms with Gasteiger partial charge in [-0.3, -0.25) is 13.9 Å². The first-order valence-corrected chi connectivity index (χ1v) is 7.82. The van der Waals surface area contributed by atoms with Gasteiger partial charge in [0.25, 0.3) is 5.56 Å². The lowest BCUT2D eigenvalue weighted by Crippen LogP contribution is -2.39. The van der Waals surface area contributed by atoms with Gasteiger partial charge in [0.05, 0.1) is 0 Å². The van der Waals surface area contributed by atoms with Gasteiger partial charge in [-0.2, -0.15) is 0 Å². The first kappa shape index (κ1) is 14.5. The molecule has 0 amide bonds. The predicted molar refractivity (Wildman–Crippen MR) is 93.4 cm³/mol. The number of aromatic nitrogens is 2. The molecular formula is C19H16N2O3. The van der Waals surface area contributed by atoms with Crippen molar-refractivity contribution in [3.63, 3.8) is 0 Å². The largest absolute Gasteiger partial charge is 0.449 e. The van der Waals surface area contributed by atoms with Gasteiger partial charge >= 0.3 is 5.69 Å². The second-order valence-electron chi connectivity index (χ2n) is 5.81. The maximum absolute atomic E-state index is 12.7. The van der Waals surface area contributed by atoms with E-state index in [4.69, 9.17) is 4.42 Å². The summed E-state index contributed by atoms with van der Waals surface area (Å²) in [6.45, 7) is 0.322. The van der Waals surface area contributed by atoms with E-state index in [-0.39, 0.29) is 16.8 Å². The third-order valence-corrected chi connectivity index (χ3v) is 4.33. The zero-order chi connectivity index (χ0) is 16.7. The summed E-state index contributed by atoms with van der Waals surface area (Å²) in [5.41, 5.74) is 1.77. The predicted octanol–water partition coefficient (Wildman–Crippen LogP) is 2.69. The first-order chi connectivity index (χ1) is 11.7. The number of aryl methyl sites for hydroxylation is 2. The highest BCUT2D eigenvalue weighted by Gasteiger charge is 2.17. The Kier molecular flexibility index (Phi) is 3.34. The van der Waals surface area contributed by atoms with Crippen molar-refractivity contribution in [2.45, 2.75) is 13.0 Å². The quantitative estimate of drug-likeness (QED) is 0.583. The summed E-state index contributed by atoms with van der Waals surface area (Å²) in [6, 6.07) is 17.2. The average molecular weight is 320 g/mol. The average Bonchev–Trinajstić information content (AvgIpc) is 3.00. The van der Waals surface area contributed by atoms with Crippen LogP contribution in [0.2, 0.25) is 0 Å². The number of rotatable bonds is 3. The number of hydrogen-bond donors (Lipinski definition) is 0. The van der Waals surface area contributed by atoms with Crippen molar-refractivity contribution in [2.75, 3.05) is 0 Å². The molecule has 0 aliphatic heterocycles. The van der Waals surface area contributed by atoms with Crippen LogP contribution in [0.3, 0.4) is 0 Å². The van der Waals surface area contributed by atoms with Crippen molar-refractivity contribution in [1.82, 2.24) is 9.13 Å². The molecule has 0 N–H and O–H groups in total. The van der Waals surface area contributed by atoms with Crippen LogP contribution in [0, 0.1) is 0 Å². The molecule has 120 valence electrons. The Labute approximate surface area is 137 Å². The summed E-state index contributed by atoms with van der Waals surface area (Å²) >= 11 is 0. The van der Waals surface area contributed by atoms with E-state index >= 15 is 0 Å². The Morgan fingerprint density at radius 1 is 0.958 bits per heavy atom. The van der Waals surface area contributed by atoms with E-state index in [1.165, 1.54) is 9.13 Å². The number of para-hydroxylation sites is 1. The SMILES string of the molecule is Cn1c(=O)n(CCc2ccccc2)c(=O)c2oc3ccccc3c21. The van der Waals surface area contributed by atoms with Crippen LogP contribution in [0.5, 0.6) is 0 Å². The molecule has 0 unspecified atom stereocenters. The summed E-state index contributed by atoms with van der Waals surface area (Å²) in [6.07, 6.45) is 0.613. The lowest BCUT2D eigenvalue weighted by molar-refractivity contribution is 0.581. The number of fused-ring (bicyclic) bond motifs is 3. The highest BCUT2D eigenvalue weighted by atomic mass is 16.3. The van der Waals surface area contributed by atoms with Gasteiger partial charge in [-0.05, 0) is 24.1 Å². The van der Waals surface area contributed by atoms with Crippen molar-refractivity contribution in [2.24, 2.45) is 7.05 Å². The maximum Gasteiger partial charge on any atom is 0.331 e. The highest BCUT2D eigenvalue weighted by Crippen LogP contribution is 2.24. The molecule has 4 rings (SSSR count). The standard InChI is InChI=1S/C19H16N2O3/c1-20-16-14-9-5-6-10-15(14)24-17(16)18(22)21(19(20)23)12-11-13-7-3-2-4-8-13/h2-10H,11-12H2,1H3. The van der Waals surface area contributed by atoms with Gasteiger partial charge in [0.1, 0.15) is 11.1 Å². The summed E-state index contributed by atoms with van der Waals surface area (Å²) in [4.78, 5) is 25.4. The third kappa shape index (κ3) is 2.17. The lowest BCUT2D eigenvalue weighted by Gasteiger charge is -2.08. The molecule has 0 fully saturated rings. The second kappa shape index (κ2) is 5.53. The zero-order valence-corrected chi connectivity index (χ0v) is 13.2. The van der Waals surface area contributed by atoms with Crippen molar-refractivity contribution in [1.29, 1.82) is 0 Å². The van der Waals surface area contributed by atoms with Crippen molar-refractivity contribution < 1.29 is 4.42 Å². The molecule has 0 bridgehead atoms. The maximum atomic E-state index is 12.7.